The molecule has 1 aromatic carbocycles. The van der Waals surface area contributed by atoms with E-state index in [1.54, 1.807) is 0 Å². The molecule has 2 rings (SSSR count). The Labute approximate surface area is 143 Å². The zero-order chi connectivity index (χ0) is 17.5. The molecule has 0 atom stereocenters. The van der Waals surface area contributed by atoms with Gasteiger partial charge >= 0.3 is 5.97 Å². The van der Waals surface area contributed by atoms with Gasteiger partial charge in [-0.15, -0.1) is 0 Å². The molecular weight excluding hydrogens is 339 g/mol. The van der Waals surface area contributed by atoms with Crippen LogP contribution in [0.3, 0.4) is 0 Å². The van der Waals surface area contributed by atoms with Gasteiger partial charge in [-0.3, -0.25) is 14.4 Å². The van der Waals surface area contributed by atoms with E-state index in [9.17, 15) is 18.8 Å². The summed E-state index contributed by atoms with van der Waals surface area (Å²) in [6.45, 7) is -0.149. The highest BCUT2D eigenvalue weighted by Gasteiger charge is 2.20. The summed E-state index contributed by atoms with van der Waals surface area (Å²) in [7, 11) is 0. The van der Waals surface area contributed by atoms with Crippen molar-refractivity contribution in [2.75, 3.05) is 25.0 Å². The van der Waals surface area contributed by atoms with Crippen LogP contribution < -0.4 is 5.32 Å². The van der Waals surface area contributed by atoms with Gasteiger partial charge in [0.1, 0.15) is 12.4 Å². The van der Waals surface area contributed by atoms with E-state index >= 15 is 0 Å². The molecule has 0 bridgehead atoms. The smallest absolute Gasteiger partial charge is 0.326 e. The molecule has 24 heavy (non-hydrogen) atoms. The molecule has 1 aliphatic rings. The van der Waals surface area contributed by atoms with E-state index in [4.69, 9.17) is 16.3 Å². The van der Waals surface area contributed by atoms with Gasteiger partial charge in [0.05, 0.1) is 10.7 Å². The first-order chi connectivity index (χ1) is 11.5. The number of anilines is 1. The normalized spacial score (nSPS) is 14.9. The van der Waals surface area contributed by atoms with Gasteiger partial charge in [-0.25, -0.2) is 4.39 Å². The first-order valence-electron chi connectivity index (χ1n) is 7.64. The SMILES string of the molecule is O=C(COC(=O)CN1CCCCCC1=O)Nc1ccc(F)cc1Cl. The van der Waals surface area contributed by atoms with Crippen LogP contribution >= 0.6 is 11.6 Å². The lowest BCUT2D eigenvalue weighted by Crippen LogP contribution is -2.36. The number of likely N-dealkylation sites (tertiary alicyclic amines) is 1. The summed E-state index contributed by atoms with van der Waals surface area (Å²) in [5.74, 6) is -1.84. The fraction of sp³-hybridized carbons (Fsp3) is 0.438. The highest BCUT2D eigenvalue weighted by atomic mass is 35.5. The van der Waals surface area contributed by atoms with Crippen molar-refractivity contribution in [3.8, 4) is 0 Å². The first kappa shape index (κ1) is 18.2. The van der Waals surface area contributed by atoms with E-state index < -0.39 is 24.3 Å². The Bertz CT molecular complexity index is 639. The van der Waals surface area contributed by atoms with Gasteiger partial charge < -0.3 is 15.0 Å². The summed E-state index contributed by atoms with van der Waals surface area (Å²) in [5.41, 5.74) is 0.224. The van der Waals surface area contributed by atoms with E-state index in [1.807, 2.05) is 0 Å². The topological polar surface area (TPSA) is 75.7 Å². The Morgan fingerprint density at radius 2 is 2.08 bits per heavy atom. The molecule has 6 nitrogen and oxygen atoms in total. The molecule has 2 amide bonds. The van der Waals surface area contributed by atoms with Crippen LogP contribution in [0.1, 0.15) is 25.7 Å². The van der Waals surface area contributed by atoms with Crippen molar-refractivity contribution in [2.24, 2.45) is 0 Å². The minimum Gasteiger partial charge on any atom is -0.454 e. The molecule has 0 spiro atoms. The van der Waals surface area contributed by atoms with Gasteiger partial charge in [-0.05, 0) is 31.0 Å². The summed E-state index contributed by atoms with van der Waals surface area (Å²) in [4.78, 5) is 36.7. The molecule has 0 unspecified atom stereocenters. The van der Waals surface area contributed by atoms with E-state index in [1.165, 1.54) is 11.0 Å². The fourth-order valence-corrected chi connectivity index (χ4v) is 2.54. The van der Waals surface area contributed by atoms with Gasteiger partial charge in [-0.1, -0.05) is 18.0 Å². The second-order valence-electron chi connectivity index (χ2n) is 5.46. The van der Waals surface area contributed by atoms with E-state index in [2.05, 4.69) is 5.32 Å². The summed E-state index contributed by atoms with van der Waals surface area (Å²) in [6.07, 6.45) is 3.06. The molecule has 1 N–H and O–H groups in total. The van der Waals surface area contributed by atoms with Crippen LogP contribution in [0.25, 0.3) is 0 Å². The third-order valence-electron chi connectivity index (χ3n) is 3.56. The zero-order valence-electron chi connectivity index (χ0n) is 13.0. The number of carbonyl (C=O) groups excluding carboxylic acids is 3. The van der Waals surface area contributed by atoms with Crippen molar-refractivity contribution in [2.45, 2.75) is 25.7 Å². The molecule has 8 heteroatoms. The Hall–Kier alpha value is -2.15. The van der Waals surface area contributed by atoms with Crippen LogP contribution in [0.15, 0.2) is 18.2 Å². The number of benzene rings is 1. The van der Waals surface area contributed by atoms with Crippen LogP contribution in [-0.4, -0.2) is 42.4 Å². The van der Waals surface area contributed by atoms with Crippen molar-refractivity contribution in [1.82, 2.24) is 4.90 Å². The lowest BCUT2D eigenvalue weighted by Gasteiger charge is -2.19. The fourth-order valence-electron chi connectivity index (χ4n) is 2.33. The molecule has 0 aromatic heterocycles. The van der Waals surface area contributed by atoms with E-state index in [0.29, 0.717) is 13.0 Å². The van der Waals surface area contributed by atoms with Gasteiger partial charge in [0, 0.05) is 13.0 Å². The number of amides is 2. The quantitative estimate of drug-likeness (QED) is 0.822. The number of halogens is 2. The standard InChI is InChI=1S/C16H18ClFN2O4/c17-12-8-11(18)5-6-13(12)19-14(21)10-24-16(23)9-20-7-3-1-2-4-15(20)22/h5-6,8H,1-4,7,9-10H2,(H,19,21). The maximum Gasteiger partial charge on any atom is 0.326 e. The molecule has 0 radical (unpaired) electrons. The van der Waals surface area contributed by atoms with Crippen molar-refractivity contribution >= 4 is 35.1 Å². The summed E-state index contributed by atoms with van der Waals surface area (Å²) < 4.78 is 17.8. The number of nitrogens with zero attached hydrogens (tertiary/aromatic N) is 1. The predicted molar refractivity (Wildman–Crippen MR) is 86.0 cm³/mol. The van der Waals surface area contributed by atoms with Crippen LogP contribution in [0, 0.1) is 5.82 Å². The van der Waals surface area contributed by atoms with Crippen molar-refractivity contribution < 1.29 is 23.5 Å². The molecular formula is C16H18ClFN2O4. The lowest BCUT2D eigenvalue weighted by molar-refractivity contribution is -0.151. The molecule has 1 aliphatic heterocycles. The highest BCUT2D eigenvalue weighted by Crippen LogP contribution is 2.22. The Morgan fingerprint density at radius 3 is 2.83 bits per heavy atom. The van der Waals surface area contributed by atoms with Crippen molar-refractivity contribution in [3.05, 3.63) is 29.0 Å². The van der Waals surface area contributed by atoms with E-state index in [-0.39, 0.29) is 23.2 Å². The van der Waals surface area contributed by atoms with Crippen molar-refractivity contribution in [3.63, 3.8) is 0 Å². The molecule has 130 valence electrons. The maximum absolute atomic E-state index is 12.9. The van der Waals surface area contributed by atoms with Crippen LogP contribution in [-0.2, 0) is 19.1 Å². The monoisotopic (exact) mass is 356 g/mol. The van der Waals surface area contributed by atoms with Gasteiger partial charge in [-0.2, -0.15) is 0 Å². The highest BCUT2D eigenvalue weighted by molar-refractivity contribution is 6.33. The van der Waals surface area contributed by atoms with Crippen LogP contribution in [0.2, 0.25) is 5.02 Å². The third kappa shape index (κ3) is 5.49. The molecule has 1 heterocycles. The van der Waals surface area contributed by atoms with Crippen LogP contribution in [0.5, 0.6) is 0 Å². The summed E-state index contributed by atoms with van der Waals surface area (Å²) in [6, 6.07) is 3.53. The lowest BCUT2D eigenvalue weighted by atomic mass is 10.2. The minimum atomic E-state index is -0.648. The maximum atomic E-state index is 12.9. The Morgan fingerprint density at radius 1 is 1.29 bits per heavy atom. The molecule has 1 fully saturated rings. The number of esters is 1. The Balaban J connectivity index is 1.78. The molecule has 0 aliphatic carbocycles. The number of carbonyl (C=O) groups is 3. The average Bonchev–Trinajstić information content (AvgIpc) is 2.73. The average molecular weight is 357 g/mol. The Kier molecular flexibility index (Phi) is 6.54. The summed E-state index contributed by atoms with van der Waals surface area (Å²) in [5, 5.41) is 2.47. The third-order valence-corrected chi connectivity index (χ3v) is 3.87. The second-order valence-corrected chi connectivity index (χ2v) is 5.87. The number of hydrogen-bond acceptors (Lipinski definition) is 4. The number of rotatable bonds is 5. The van der Waals surface area contributed by atoms with E-state index in [0.717, 1.165) is 31.4 Å². The van der Waals surface area contributed by atoms with Gasteiger partial charge in [0.2, 0.25) is 5.91 Å². The second kappa shape index (κ2) is 8.63. The minimum absolute atomic E-state index is 0.0461. The first-order valence-corrected chi connectivity index (χ1v) is 8.02. The zero-order valence-corrected chi connectivity index (χ0v) is 13.8. The van der Waals surface area contributed by atoms with Gasteiger partial charge in [0.25, 0.3) is 5.91 Å². The number of ether oxygens (including phenoxy) is 1. The molecule has 1 aromatic rings. The largest absolute Gasteiger partial charge is 0.454 e. The van der Waals surface area contributed by atoms with Gasteiger partial charge in [0.15, 0.2) is 6.61 Å². The number of hydrogen-bond donors (Lipinski definition) is 1. The molecule has 0 saturated carbocycles. The summed E-state index contributed by atoms with van der Waals surface area (Å²) >= 11 is 5.79. The number of nitrogens with one attached hydrogen (secondary N) is 1. The predicted octanol–water partition coefficient (Wildman–Crippen LogP) is 2.36. The molecule has 1 saturated heterocycles. The van der Waals surface area contributed by atoms with Crippen LogP contribution in [0.4, 0.5) is 10.1 Å². The van der Waals surface area contributed by atoms with Crippen molar-refractivity contribution in [1.29, 1.82) is 0 Å².